The molecule has 114 valence electrons. The van der Waals surface area contributed by atoms with Crippen LogP contribution >= 0.6 is 11.6 Å². The van der Waals surface area contributed by atoms with Gasteiger partial charge in [-0.25, -0.2) is 0 Å². The number of amides is 1. The first-order chi connectivity index (χ1) is 10.6. The number of carbonyl (C=O) groups excluding carboxylic acids is 1. The molecule has 0 bridgehead atoms. The summed E-state index contributed by atoms with van der Waals surface area (Å²) in [7, 11) is 0. The third-order valence-corrected chi connectivity index (χ3v) is 3.90. The van der Waals surface area contributed by atoms with E-state index in [0.29, 0.717) is 41.8 Å². The fraction of sp³-hybridized carbons (Fsp3) is 0.235. The Bertz CT molecular complexity index is 715. The molecule has 0 saturated heterocycles. The van der Waals surface area contributed by atoms with Gasteiger partial charge in [0, 0.05) is 17.1 Å². The lowest BCUT2D eigenvalue weighted by Gasteiger charge is -2.20. The summed E-state index contributed by atoms with van der Waals surface area (Å²) in [6.07, 6.45) is 0. The average molecular weight is 318 g/mol. The molecule has 1 aliphatic heterocycles. The smallest absolute Gasteiger partial charge is 0.251 e. The number of hydrogen-bond acceptors (Lipinski definition) is 3. The molecule has 2 aromatic rings. The molecule has 1 amide bonds. The topological polar surface area (TPSA) is 47.6 Å². The van der Waals surface area contributed by atoms with Gasteiger partial charge in [0.05, 0.1) is 0 Å². The first kappa shape index (κ1) is 14.7. The van der Waals surface area contributed by atoms with Gasteiger partial charge >= 0.3 is 0 Å². The van der Waals surface area contributed by atoms with Gasteiger partial charge < -0.3 is 14.8 Å². The highest BCUT2D eigenvalue weighted by Crippen LogP contribution is 2.33. The predicted molar refractivity (Wildman–Crippen MR) is 84.8 cm³/mol. The lowest BCUT2D eigenvalue weighted by molar-refractivity contribution is 0.0949. The lowest BCUT2D eigenvalue weighted by atomic mass is 10.1. The highest BCUT2D eigenvalue weighted by molar-refractivity contribution is 6.31. The lowest BCUT2D eigenvalue weighted by Crippen LogP contribution is -2.24. The molecule has 5 heteroatoms. The molecule has 0 spiro atoms. The molecule has 0 unspecified atom stereocenters. The van der Waals surface area contributed by atoms with Crippen LogP contribution in [0.25, 0.3) is 0 Å². The summed E-state index contributed by atoms with van der Waals surface area (Å²) >= 11 is 6.09. The van der Waals surface area contributed by atoms with E-state index in [2.05, 4.69) is 5.32 Å². The molecule has 0 atom stereocenters. The second-order valence-electron chi connectivity index (χ2n) is 5.08. The van der Waals surface area contributed by atoms with Crippen LogP contribution in [0.15, 0.2) is 36.4 Å². The van der Waals surface area contributed by atoms with E-state index in [1.54, 1.807) is 12.1 Å². The summed E-state index contributed by atoms with van der Waals surface area (Å²) in [6.45, 7) is 3.29. The van der Waals surface area contributed by atoms with Crippen molar-refractivity contribution in [3.8, 4) is 11.5 Å². The van der Waals surface area contributed by atoms with Crippen LogP contribution in [-0.4, -0.2) is 19.1 Å². The SMILES string of the molecule is Cc1cc2c(cc1C(=O)NCc1ccccc1Cl)OCCO2. The number of benzene rings is 2. The number of aryl methyl sites for hydroxylation is 1. The third-order valence-electron chi connectivity index (χ3n) is 3.53. The van der Waals surface area contributed by atoms with Crippen molar-refractivity contribution in [2.24, 2.45) is 0 Å². The zero-order valence-corrected chi connectivity index (χ0v) is 12.9. The fourth-order valence-electron chi connectivity index (χ4n) is 2.35. The van der Waals surface area contributed by atoms with Crippen LogP contribution in [-0.2, 0) is 6.54 Å². The van der Waals surface area contributed by atoms with Crippen molar-refractivity contribution < 1.29 is 14.3 Å². The van der Waals surface area contributed by atoms with Gasteiger partial charge in [0.25, 0.3) is 5.91 Å². The second kappa shape index (κ2) is 6.28. The van der Waals surface area contributed by atoms with Crippen LogP contribution in [0, 0.1) is 6.92 Å². The molecule has 1 aliphatic rings. The van der Waals surface area contributed by atoms with Gasteiger partial charge in [0.1, 0.15) is 13.2 Å². The Balaban J connectivity index is 1.76. The summed E-state index contributed by atoms with van der Waals surface area (Å²) in [5, 5.41) is 3.52. The summed E-state index contributed by atoms with van der Waals surface area (Å²) in [5.74, 6) is 1.14. The highest BCUT2D eigenvalue weighted by Gasteiger charge is 2.17. The van der Waals surface area contributed by atoms with Crippen LogP contribution < -0.4 is 14.8 Å². The minimum Gasteiger partial charge on any atom is -0.486 e. The number of carbonyl (C=O) groups is 1. The van der Waals surface area contributed by atoms with Crippen molar-refractivity contribution in [2.75, 3.05) is 13.2 Å². The molecule has 0 radical (unpaired) electrons. The Morgan fingerprint density at radius 1 is 1.18 bits per heavy atom. The Kier molecular flexibility index (Phi) is 4.20. The minimum absolute atomic E-state index is 0.158. The van der Waals surface area contributed by atoms with E-state index in [1.165, 1.54) is 0 Å². The summed E-state index contributed by atoms with van der Waals surface area (Å²) < 4.78 is 11.0. The zero-order chi connectivity index (χ0) is 15.5. The van der Waals surface area contributed by atoms with Crippen molar-refractivity contribution in [1.29, 1.82) is 0 Å². The molecule has 1 N–H and O–H groups in total. The molecule has 0 aliphatic carbocycles. The molecule has 2 aromatic carbocycles. The zero-order valence-electron chi connectivity index (χ0n) is 12.2. The van der Waals surface area contributed by atoms with Crippen LogP contribution in [0.3, 0.4) is 0 Å². The number of fused-ring (bicyclic) bond motifs is 1. The minimum atomic E-state index is -0.158. The van der Waals surface area contributed by atoms with Crippen LogP contribution in [0.2, 0.25) is 5.02 Å². The van der Waals surface area contributed by atoms with E-state index in [0.717, 1.165) is 11.1 Å². The third kappa shape index (κ3) is 3.02. The number of nitrogens with one attached hydrogen (secondary N) is 1. The first-order valence-electron chi connectivity index (χ1n) is 7.07. The van der Waals surface area contributed by atoms with Crippen LogP contribution in [0.5, 0.6) is 11.5 Å². The summed E-state index contributed by atoms with van der Waals surface area (Å²) in [6, 6.07) is 11.0. The molecule has 4 nitrogen and oxygen atoms in total. The standard InChI is InChI=1S/C17H16ClNO3/c1-11-8-15-16(22-7-6-21-15)9-13(11)17(20)19-10-12-4-2-3-5-14(12)18/h2-5,8-9H,6-7,10H2,1H3,(H,19,20). The van der Waals surface area contributed by atoms with Gasteiger partial charge in [-0.2, -0.15) is 0 Å². The van der Waals surface area contributed by atoms with Gasteiger partial charge in [0.15, 0.2) is 11.5 Å². The molecular weight excluding hydrogens is 302 g/mol. The molecule has 22 heavy (non-hydrogen) atoms. The fourth-order valence-corrected chi connectivity index (χ4v) is 2.55. The monoisotopic (exact) mass is 317 g/mol. The van der Waals surface area contributed by atoms with Gasteiger partial charge in [0.2, 0.25) is 0 Å². The molecule has 0 aromatic heterocycles. The van der Waals surface area contributed by atoms with E-state index < -0.39 is 0 Å². The van der Waals surface area contributed by atoms with E-state index in [4.69, 9.17) is 21.1 Å². The molecule has 1 heterocycles. The van der Waals surface area contributed by atoms with Gasteiger partial charge in [-0.15, -0.1) is 0 Å². The Hall–Kier alpha value is -2.20. The highest BCUT2D eigenvalue weighted by atomic mass is 35.5. The second-order valence-corrected chi connectivity index (χ2v) is 5.49. The number of rotatable bonds is 3. The number of ether oxygens (including phenoxy) is 2. The Labute approximate surface area is 134 Å². The number of halogens is 1. The van der Waals surface area contributed by atoms with Crippen molar-refractivity contribution in [1.82, 2.24) is 5.32 Å². The quantitative estimate of drug-likeness (QED) is 0.944. The van der Waals surface area contributed by atoms with Crippen molar-refractivity contribution in [2.45, 2.75) is 13.5 Å². The molecule has 0 fully saturated rings. The van der Waals surface area contributed by atoms with E-state index in [-0.39, 0.29) is 5.91 Å². The molecular formula is C17H16ClNO3. The van der Waals surface area contributed by atoms with Gasteiger partial charge in [-0.05, 0) is 36.2 Å². The van der Waals surface area contributed by atoms with Crippen molar-refractivity contribution >= 4 is 17.5 Å². The molecule has 0 saturated carbocycles. The summed E-state index contributed by atoms with van der Waals surface area (Å²) in [4.78, 5) is 12.4. The first-order valence-corrected chi connectivity index (χ1v) is 7.45. The largest absolute Gasteiger partial charge is 0.486 e. The van der Waals surface area contributed by atoms with Crippen LogP contribution in [0.4, 0.5) is 0 Å². The Morgan fingerprint density at radius 3 is 2.59 bits per heavy atom. The Morgan fingerprint density at radius 2 is 1.86 bits per heavy atom. The van der Waals surface area contributed by atoms with E-state index >= 15 is 0 Å². The maximum atomic E-state index is 12.4. The normalized spacial score (nSPS) is 12.8. The van der Waals surface area contributed by atoms with Crippen LogP contribution in [0.1, 0.15) is 21.5 Å². The van der Waals surface area contributed by atoms with Gasteiger partial charge in [-0.1, -0.05) is 29.8 Å². The van der Waals surface area contributed by atoms with Crippen molar-refractivity contribution in [3.05, 3.63) is 58.1 Å². The van der Waals surface area contributed by atoms with Crippen molar-refractivity contribution in [3.63, 3.8) is 0 Å². The number of hydrogen-bond donors (Lipinski definition) is 1. The van der Waals surface area contributed by atoms with E-state index in [1.807, 2.05) is 31.2 Å². The molecule has 3 rings (SSSR count). The predicted octanol–water partition coefficient (Wildman–Crippen LogP) is 3.35. The summed E-state index contributed by atoms with van der Waals surface area (Å²) in [5.41, 5.74) is 2.31. The van der Waals surface area contributed by atoms with Gasteiger partial charge in [-0.3, -0.25) is 4.79 Å². The van der Waals surface area contributed by atoms with E-state index in [9.17, 15) is 4.79 Å². The maximum Gasteiger partial charge on any atom is 0.251 e. The maximum absolute atomic E-state index is 12.4. The average Bonchev–Trinajstić information content (AvgIpc) is 2.53.